The van der Waals surface area contributed by atoms with E-state index in [4.69, 9.17) is 16.3 Å². The van der Waals surface area contributed by atoms with E-state index < -0.39 is 0 Å². The average molecular weight is 409 g/mol. The molecule has 2 N–H and O–H groups in total. The molecule has 0 aliphatic rings. The summed E-state index contributed by atoms with van der Waals surface area (Å²) in [6.07, 6.45) is 0. The zero-order valence-electron chi connectivity index (χ0n) is 16.2. The zero-order chi connectivity index (χ0) is 20.8. The van der Waals surface area contributed by atoms with E-state index in [9.17, 15) is 9.59 Å². The standard InChI is InChI=1S/C23H21ClN2O3/c1-15-5-3-4-6-20(15)25-22(27)14-29-19-10-7-17(8-11-19)23(28)26-21-12-9-18(24)13-16(21)2/h3-13H,14H2,1-2H3,(H,25,27)(H,26,28). The van der Waals surface area contributed by atoms with E-state index in [0.717, 1.165) is 16.8 Å². The Balaban J connectivity index is 1.55. The SMILES string of the molecule is Cc1ccccc1NC(=O)COc1ccc(C(=O)Nc2ccc(Cl)cc2C)cc1. The maximum absolute atomic E-state index is 12.4. The molecule has 2 amide bonds. The van der Waals surface area contributed by atoms with Crippen LogP contribution >= 0.6 is 11.6 Å². The first-order valence-electron chi connectivity index (χ1n) is 9.08. The van der Waals surface area contributed by atoms with Crippen LogP contribution in [0.4, 0.5) is 11.4 Å². The summed E-state index contributed by atoms with van der Waals surface area (Å²) in [6, 6.07) is 19.4. The van der Waals surface area contributed by atoms with Crippen molar-refractivity contribution in [2.75, 3.05) is 17.2 Å². The highest BCUT2D eigenvalue weighted by molar-refractivity contribution is 6.30. The van der Waals surface area contributed by atoms with Crippen molar-refractivity contribution < 1.29 is 14.3 Å². The van der Waals surface area contributed by atoms with Crippen LogP contribution in [0, 0.1) is 13.8 Å². The van der Waals surface area contributed by atoms with Crippen LogP contribution in [-0.4, -0.2) is 18.4 Å². The maximum Gasteiger partial charge on any atom is 0.262 e. The molecule has 148 valence electrons. The van der Waals surface area contributed by atoms with Gasteiger partial charge in [0.05, 0.1) is 0 Å². The molecular formula is C23H21ClN2O3. The third-order valence-corrected chi connectivity index (χ3v) is 4.58. The van der Waals surface area contributed by atoms with Gasteiger partial charge in [-0.25, -0.2) is 0 Å². The van der Waals surface area contributed by atoms with Crippen molar-refractivity contribution >= 4 is 34.8 Å². The van der Waals surface area contributed by atoms with Gasteiger partial charge in [-0.05, 0) is 73.5 Å². The minimum atomic E-state index is -0.251. The molecule has 0 radical (unpaired) electrons. The fourth-order valence-electron chi connectivity index (χ4n) is 2.71. The summed E-state index contributed by atoms with van der Waals surface area (Å²) in [5.74, 6) is 0.0164. The number of amides is 2. The summed E-state index contributed by atoms with van der Waals surface area (Å²) in [4.78, 5) is 24.5. The number of anilines is 2. The summed E-state index contributed by atoms with van der Waals surface area (Å²) in [7, 11) is 0. The molecule has 29 heavy (non-hydrogen) atoms. The van der Waals surface area contributed by atoms with Crippen molar-refractivity contribution in [1.29, 1.82) is 0 Å². The van der Waals surface area contributed by atoms with E-state index in [2.05, 4.69) is 10.6 Å². The predicted octanol–water partition coefficient (Wildman–Crippen LogP) is 5.23. The van der Waals surface area contributed by atoms with Gasteiger partial charge in [-0.2, -0.15) is 0 Å². The highest BCUT2D eigenvalue weighted by atomic mass is 35.5. The van der Waals surface area contributed by atoms with Crippen LogP contribution in [-0.2, 0) is 4.79 Å². The number of rotatable bonds is 6. The molecule has 3 aromatic rings. The number of carbonyl (C=O) groups excluding carboxylic acids is 2. The number of carbonyl (C=O) groups is 2. The Bertz CT molecular complexity index is 1030. The van der Waals surface area contributed by atoms with E-state index in [0.29, 0.717) is 22.0 Å². The number of benzene rings is 3. The van der Waals surface area contributed by atoms with Gasteiger partial charge in [-0.3, -0.25) is 9.59 Å². The molecule has 0 atom stereocenters. The third kappa shape index (κ3) is 5.59. The largest absolute Gasteiger partial charge is 0.484 e. The molecule has 0 aromatic heterocycles. The van der Waals surface area contributed by atoms with Crippen molar-refractivity contribution in [3.63, 3.8) is 0 Å². The van der Waals surface area contributed by atoms with Gasteiger partial charge >= 0.3 is 0 Å². The molecule has 0 saturated carbocycles. The second kappa shape index (κ2) is 9.26. The number of halogens is 1. The third-order valence-electron chi connectivity index (χ3n) is 4.34. The van der Waals surface area contributed by atoms with E-state index in [1.807, 2.05) is 38.1 Å². The molecule has 0 heterocycles. The van der Waals surface area contributed by atoms with Gasteiger partial charge < -0.3 is 15.4 Å². The first-order valence-corrected chi connectivity index (χ1v) is 9.46. The van der Waals surface area contributed by atoms with Gasteiger partial charge in [0.25, 0.3) is 11.8 Å². The Morgan fingerprint density at radius 2 is 1.55 bits per heavy atom. The van der Waals surface area contributed by atoms with Crippen LogP contribution < -0.4 is 15.4 Å². The Morgan fingerprint density at radius 1 is 0.862 bits per heavy atom. The number of hydrogen-bond donors (Lipinski definition) is 2. The maximum atomic E-state index is 12.4. The van der Waals surface area contributed by atoms with Gasteiger partial charge in [-0.15, -0.1) is 0 Å². The van der Waals surface area contributed by atoms with Crippen LogP contribution in [0.2, 0.25) is 5.02 Å². The topological polar surface area (TPSA) is 67.4 Å². The van der Waals surface area contributed by atoms with Crippen LogP contribution in [0.15, 0.2) is 66.7 Å². The Kier molecular flexibility index (Phi) is 6.52. The van der Waals surface area contributed by atoms with Crippen molar-refractivity contribution in [1.82, 2.24) is 0 Å². The second-order valence-corrected chi connectivity index (χ2v) is 7.03. The molecule has 0 aliphatic carbocycles. The van der Waals surface area contributed by atoms with Crippen molar-refractivity contribution in [2.45, 2.75) is 13.8 Å². The highest BCUT2D eigenvalue weighted by Crippen LogP contribution is 2.21. The molecule has 0 saturated heterocycles. The first kappa shape index (κ1) is 20.4. The van der Waals surface area contributed by atoms with Gasteiger partial charge in [0, 0.05) is 22.0 Å². The zero-order valence-corrected chi connectivity index (χ0v) is 16.9. The van der Waals surface area contributed by atoms with Crippen LogP contribution in [0.1, 0.15) is 21.5 Å². The smallest absolute Gasteiger partial charge is 0.262 e. The molecule has 0 aliphatic heterocycles. The van der Waals surface area contributed by atoms with E-state index in [-0.39, 0.29) is 18.4 Å². The molecule has 3 rings (SSSR count). The normalized spacial score (nSPS) is 10.3. The van der Waals surface area contributed by atoms with Crippen molar-refractivity contribution in [3.8, 4) is 5.75 Å². The van der Waals surface area contributed by atoms with Crippen molar-refractivity contribution in [2.24, 2.45) is 0 Å². The molecule has 3 aromatic carbocycles. The van der Waals surface area contributed by atoms with Crippen LogP contribution in [0.25, 0.3) is 0 Å². The van der Waals surface area contributed by atoms with Crippen LogP contribution in [0.5, 0.6) is 5.75 Å². The number of ether oxygens (including phenoxy) is 1. The fourth-order valence-corrected chi connectivity index (χ4v) is 2.94. The van der Waals surface area contributed by atoms with Gasteiger partial charge in [-0.1, -0.05) is 29.8 Å². The Morgan fingerprint density at radius 3 is 2.24 bits per heavy atom. The lowest BCUT2D eigenvalue weighted by Gasteiger charge is -2.11. The molecule has 0 bridgehead atoms. The summed E-state index contributed by atoms with van der Waals surface area (Å²) < 4.78 is 5.51. The number of para-hydroxylation sites is 1. The lowest BCUT2D eigenvalue weighted by atomic mass is 10.1. The minimum Gasteiger partial charge on any atom is -0.484 e. The van der Waals surface area contributed by atoms with Crippen LogP contribution in [0.3, 0.4) is 0 Å². The molecular weight excluding hydrogens is 388 g/mol. The summed E-state index contributed by atoms with van der Waals surface area (Å²) in [5.41, 5.74) is 3.80. The van der Waals surface area contributed by atoms with Crippen molar-refractivity contribution in [3.05, 3.63) is 88.4 Å². The molecule has 5 nitrogen and oxygen atoms in total. The first-order chi connectivity index (χ1) is 13.9. The quantitative estimate of drug-likeness (QED) is 0.587. The second-order valence-electron chi connectivity index (χ2n) is 6.59. The minimum absolute atomic E-state index is 0.121. The molecule has 0 spiro atoms. The highest BCUT2D eigenvalue weighted by Gasteiger charge is 2.09. The van der Waals surface area contributed by atoms with E-state index in [1.54, 1.807) is 42.5 Å². The van der Waals surface area contributed by atoms with Gasteiger partial charge in [0.2, 0.25) is 0 Å². The monoisotopic (exact) mass is 408 g/mol. The molecule has 0 unspecified atom stereocenters. The number of aryl methyl sites for hydroxylation is 2. The number of hydrogen-bond acceptors (Lipinski definition) is 3. The average Bonchev–Trinajstić information content (AvgIpc) is 2.70. The van der Waals surface area contributed by atoms with Gasteiger partial charge in [0.15, 0.2) is 6.61 Å². The lowest BCUT2D eigenvalue weighted by molar-refractivity contribution is -0.118. The Hall–Kier alpha value is -3.31. The summed E-state index contributed by atoms with van der Waals surface area (Å²) >= 11 is 5.94. The van der Waals surface area contributed by atoms with Gasteiger partial charge in [0.1, 0.15) is 5.75 Å². The Labute approximate surface area is 174 Å². The summed E-state index contributed by atoms with van der Waals surface area (Å²) in [5, 5.41) is 6.28. The molecule has 0 fully saturated rings. The van der Waals surface area contributed by atoms with E-state index >= 15 is 0 Å². The summed E-state index contributed by atoms with van der Waals surface area (Å²) in [6.45, 7) is 3.68. The lowest BCUT2D eigenvalue weighted by Crippen LogP contribution is -2.20. The number of nitrogens with one attached hydrogen (secondary N) is 2. The van der Waals surface area contributed by atoms with E-state index in [1.165, 1.54) is 0 Å². The molecule has 6 heteroatoms. The fraction of sp³-hybridized carbons (Fsp3) is 0.130. The predicted molar refractivity (Wildman–Crippen MR) is 116 cm³/mol.